The highest BCUT2D eigenvalue weighted by Crippen LogP contribution is 2.13. The Hall–Kier alpha value is -3.12. The summed E-state index contributed by atoms with van der Waals surface area (Å²) < 4.78 is 7.19. The summed E-state index contributed by atoms with van der Waals surface area (Å²) in [6, 6.07) is 14.2. The monoisotopic (exact) mass is 338 g/mol. The van der Waals surface area contributed by atoms with Crippen molar-refractivity contribution in [2.45, 2.75) is 13.5 Å². The van der Waals surface area contributed by atoms with Gasteiger partial charge in [0.1, 0.15) is 12.4 Å². The summed E-state index contributed by atoms with van der Waals surface area (Å²) >= 11 is 0. The number of hydroxylamine groups is 1. The Balaban J connectivity index is 1.79. The van der Waals surface area contributed by atoms with Crippen LogP contribution in [-0.2, 0) is 6.54 Å². The highest BCUT2D eigenvalue weighted by Gasteiger charge is 2.08. The quantitative estimate of drug-likeness (QED) is 0.553. The lowest BCUT2D eigenvalue weighted by Gasteiger charge is -2.10. The number of ether oxygens (including phenoxy) is 1. The molecule has 0 aliphatic heterocycles. The molecule has 0 unspecified atom stereocenters. The second kappa shape index (κ2) is 7.19. The summed E-state index contributed by atoms with van der Waals surface area (Å²) in [5, 5.41) is 9.87. The first-order valence-corrected chi connectivity index (χ1v) is 7.85. The summed E-state index contributed by atoms with van der Waals surface area (Å²) in [7, 11) is 0. The number of hydrogen-bond donors (Lipinski definition) is 2. The minimum Gasteiger partial charge on any atom is -0.492 e. The Bertz CT molecular complexity index is 961. The van der Waals surface area contributed by atoms with Crippen molar-refractivity contribution in [3.05, 3.63) is 76.2 Å². The molecule has 0 aliphatic rings. The van der Waals surface area contributed by atoms with Gasteiger partial charge in [0.25, 0.3) is 11.5 Å². The van der Waals surface area contributed by atoms with Crippen molar-refractivity contribution in [2.24, 2.45) is 0 Å². The third-order valence-corrected chi connectivity index (χ3v) is 3.96. The van der Waals surface area contributed by atoms with Crippen molar-refractivity contribution >= 4 is 16.7 Å². The summed E-state index contributed by atoms with van der Waals surface area (Å²) in [6.07, 6.45) is 1.70. The van der Waals surface area contributed by atoms with Crippen LogP contribution in [0.2, 0.25) is 0 Å². The molecule has 25 heavy (non-hydrogen) atoms. The first kappa shape index (κ1) is 16.7. The third-order valence-electron chi connectivity index (χ3n) is 3.96. The highest BCUT2D eigenvalue weighted by atomic mass is 16.5. The predicted molar refractivity (Wildman–Crippen MR) is 94.1 cm³/mol. The van der Waals surface area contributed by atoms with Crippen LogP contribution in [0.15, 0.2) is 59.5 Å². The zero-order valence-corrected chi connectivity index (χ0v) is 13.7. The SMILES string of the molecule is Cc1ccc(OCCn2ccc3ccc(C(=O)NO)cc3c2=O)cc1. The van der Waals surface area contributed by atoms with E-state index in [0.29, 0.717) is 18.5 Å². The van der Waals surface area contributed by atoms with Crippen molar-refractivity contribution in [1.29, 1.82) is 0 Å². The van der Waals surface area contributed by atoms with Crippen molar-refractivity contribution in [2.75, 3.05) is 6.61 Å². The summed E-state index contributed by atoms with van der Waals surface area (Å²) in [6.45, 7) is 2.74. The van der Waals surface area contributed by atoms with Crippen molar-refractivity contribution in [3.63, 3.8) is 0 Å². The molecule has 128 valence electrons. The van der Waals surface area contributed by atoms with Gasteiger partial charge in [-0.05, 0) is 42.6 Å². The van der Waals surface area contributed by atoms with Gasteiger partial charge in [-0.25, -0.2) is 5.48 Å². The Morgan fingerprint density at radius 2 is 1.92 bits per heavy atom. The fraction of sp³-hybridized carbons (Fsp3) is 0.158. The Labute approximate surface area is 144 Å². The number of hydrogen-bond acceptors (Lipinski definition) is 4. The molecular weight excluding hydrogens is 320 g/mol. The van der Waals surface area contributed by atoms with E-state index >= 15 is 0 Å². The second-order valence-electron chi connectivity index (χ2n) is 5.72. The van der Waals surface area contributed by atoms with Gasteiger partial charge in [-0.3, -0.25) is 14.8 Å². The molecule has 0 radical (unpaired) electrons. The number of nitrogens with one attached hydrogen (secondary N) is 1. The average Bonchev–Trinajstić information content (AvgIpc) is 2.64. The van der Waals surface area contributed by atoms with Gasteiger partial charge >= 0.3 is 0 Å². The van der Waals surface area contributed by atoms with Gasteiger partial charge in [0.2, 0.25) is 0 Å². The average molecular weight is 338 g/mol. The Morgan fingerprint density at radius 3 is 2.64 bits per heavy atom. The van der Waals surface area contributed by atoms with E-state index in [1.165, 1.54) is 10.6 Å². The highest BCUT2D eigenvalue weighted by molar-refractivity contribution is 5.97. The molecule has 0 bridgehead atoms. The van der Waals surface area contributed by atoms with Gasteiger partial charge in [0.15, 0.2) is 0 Å². The molecule has 0 saturated carbocycles. The Kier molecular flexibility index (Phi) is 4.81. The second-order valence-corrected chi connectivity index (χ2v) is 5.72. The number of aryl methyl sites for hydroxylation is 1. The van der Waals surface area contributed by atoms with E-state index in [0.717, 1.165) is 16.7 Å². The number of carbonyl (C=O) groups is 1. The van der Waals surface area contributed by atoms with Gasteiger partial charge in [-0.2, -0.15) is 0 Å². The molecule has 3 rings (SSSR count). The van der Waals surface area contributed by atoms with Crippen LogP contribution in [-0.4, -0.2) is 22.3 Å². The van der Waals surface area contributed by atoms with Crippen LogP contribution in [0.5, 0.6) is 5.75 Å². The molecule has 0 spiro atoms. The first-order valence-electron chi connectivity index (χ1n) is 7.85. The molecular formula is C19H18N2O4. The number of rotatable bonds is 5. The fourth-order valence-electron chi connectivity index (χ4n) is 2.56. The van der Waals surface area contributed by atoms with E-state index < -0.39 is 5.91 Å². The van der Waals surface area contributed by atoms with Gasteiger partial charge in [0, 0.05) is 17.1 Å². The number of fused-ring (bicyclic) bond motifs is 1. The molecule has 0 fully saturated rings. The van der Waals surface area contributed by atoms with Crippen LogP contribution in [0.4, 0.5) is 0 Å². The number of aromatic nitrogens is 1. The molecule has 1 amide bonds. The third kappa shape index (κ3) is 3.70. The minimum absolute atomic E-state index is 0.211. The first-order chi connectivity index (χ1) is 12.1. The van der Waals surface area contributed by atoms with Gasteiger partial charge < -0.3 is 9.30 Å². The normalized spacial score (nSPS) is 10.6. The maximum absolute atomic E-state index is 12.6. The maximum Gasteiger partial charge on any atom is 0.274 e. The number of carbonyl (C=O) groups excluding carboxylic acids is 1. The van der Waals surface area contributed by atoms with Gasteiger partial charge in [0.05, 0.1) is 6.54 Å². The van der Waals surface area contributed by atoms with Crippen LogP contribution >= 0.6 is 0 Å². The standard InChI is InChI=1S/C19H18N2O4/c1-13-2-6-16(7-3-13)25-11-10-21-9-8-14-4-5-15(18(22)20-24)12-17(14)19(21)23/h2-9,12,24H,10-11H2,1H3,(H,20,22). The maximum atomic E-state index is 12.6. The van der Waals surface area contributed by atoms with Crippen LogP contribution in [0.25, 0.3) is 10.8 Å². The molecule has 0 saturated heterocycles. The van der Waals surface area contributed by atoms with Crippen LogP contribution in [0.3, 0.4) is 0 Å². The summed E-state index contributed by atoms with van der Waals surface area (Å²) in [4.78, 5) is 24.1. The van der Waals surface area contributed by atoms with Crippen LogP contribution < -0.4 is 15.8 Å². The van der Waals surface area contributed by atoms with E-state index in [9.17, 15) is 9.59 Å². The molecule has 3 aromatic rings. The van der Waals surface area contributed by atoms with E-state index in [1.807, 2.05) is 37.3 Å². The number of pyridine rings is 1. The largest absolute Gasteiger partial charge is 0.492 e. The molecule has 0 atom stereocenters. The van der Waals surface area contributed by atoms with E-state index in [4.69, 9.17) is 9.94 Å². The zero-order chi connectivity index (χ0) is 17.8. The minimum atomic E-state index is -0.653. The zero-order valence-electron chi connectivity index (χ0n) is 13.7. The van der Waals surface area contributed by atoms with E-state index in [1.54, 1.807) is 23.8 Å². The van der Waals surface area contributed by atoms with Crippen LogP contribution in [0.1, 0.15) is 15.9 Å². The van der Waals surface area contributed by atoms with Gasteiger partial charge in [-0.1, -0.05) is 23.8 Å². The van der Waals surface area contributed by atoms with Crippen molar-refractivity contribution in [3.8, 4) is 5.75 Å². The molecule has 1 aromatic heterocycles. The lowest BCUT2D eigenvalue weighted by Crippen LogP contribution is -2.23. The number of nitrogens with zero attached hydrogens (tertiary/aromatic N) is 1. The molecule has 0 aliphatic carbocycles. The molecule has 6 heteroatoms. The van der Waals surface area contributed by atoms with E-state index in [-0.39, 0.29) is 11.1 Å². The molecule has 2 N–H and O–H groups in total. The topological polar surface area (TPSA) is 80.6 Å². The lowest BCUT2D eigenvalue weighted by molar-refractivity contribution is 0.0706. The number of benzene rings is 2. The Morgan fingerprint density at radius 1 is 1.16 bits per heavy atom. The predicted octanol–water partition coefficient (Wildman–Crippen LogP) is 2.51. The molecule has 6 nitrogen and oxygen atoms in total. The summed E-state index contributed by atoms with van der Waals surface area (Å²) in [5.41, 5.74) is 2.73. The number of amides is 1. The molecule has 1 heterocycles. The lowest BCUT2D eigenvalue weighted by atomic mass is 10.1. The van der Waals surface area contributed by atoms with Crippen LogP contribution in [0, 0.1) is 6.92 Å². The fourth-order valence-corrected chi connectivity index (χ4v) is 2.56. The smallest absolute Gasteiger partial charge is 0.274 e. The van der Waals surface area contributed by atoms with Crippen molar-refractivity contribution < 1.29 is 14.7 Å². The van der Waals surface area contributed by atoms with Gasteiger partial charge in [-0.15, -0.1) is 0 Å². The van der Waals surface area contributed by atoms with Crippen molar-refractivity contribution in [1.82, 2.24) is 10.0 Å². The summed E-state index contributed by atoms with van der Waals surface area (Å²) in [5.74, 6) is 0.0979. The van der Waals surface area contributed by atoms with E-state index in [2.05, 4.69) is 0 Å². The molecule has 2 aromatic carbocycles.